The van der Waals surface area contributed by atoms with Gasteiger partial charge >= 0.3 is 0 Å². The molecule has 1 unspecified atom stereocenters. The zero-order chi connectivity index (χ0) is 14.6. The van der Waals surface area contributed by atoms with Crippen LogP contribution in [0.1, 0.15) is 74.7 Å². The highest BCUT2D eigenvalue weighted by Crippen LogP contribution is 2.35. The Kier molecular flexibility index (Phi) is 6.10. The van der Waals surface area contributed by atoms with Crippen molar-refractivity contribution in [2.75, 3.05) is 0 Å². The molecule has 0 heterocycles. The van der Waals surface area contributed by atoms with Crippen LogP contribution in [0.5, 0.6) is 0 Å². The first-order valence-corrected chi connectivity index (χ1v) is 7.15. The van der Waals surface area contributed by atoms with Crippen molar-refractivity contribution in [3.63, 3.8) is 0 Å². The molecule has 0 aromatic heterocycles. The Morgan fingerprint density at radius 1 is 1.00 bits per heavy atom. The van der Waals surface area contributed by atoms with Crippen molar-refractivity contribution in [3.8, 4) is 0 Å². The maximum atomic E-state index is 13.1. The van der Waals surface area contributed by atoms with Crippen LogP contribution < -0.4 is 0 Å². The Bertz CT molecular complexity index is 264. The molecule has 0 aliphatic carbocycles. The molecule has 0 aromatic rings. The number of halogens is 1. The van der Waals surface area contributed by atoms with E-state index in [1.165, 1.54) is 0 Å². The van der Waals surface area contributed by atoms with Gasteiger partial charge in [-0.05, 0) is 42.4 Å². The van der Waals surface area contributed by atoms with Gasteiger partial charge in [-0.2, -0.15) is 0 Å². The summed E-state index contributed by atoms with van der Waals surface area (Å²) in [4.78, 5) is 0. The van der Waals surface area contributed by atoms with Crippen LogP contribution in [0.2, 0.25) is 0 Å². The first kappa shape index (κ1) is 17.7. The Morgan fingerprint density at radius 3 is 1.89 bits per heavy atom. The summed E-state index contributed by atoms with van der Waals surface area (Å²) in [6, 6.07) is 0. The van der Waals surface area contributed by atoms with Gasteiger partial charge in [-0.25, -0.2) is 4.39 Å². The number of alkyl halides is 1. The van der Waals surface area contributed by atoms with E-state index in [0.717, 1.165) is 12.8 Å². The summed E-state index contributed by atoms with van der Waals surface area (Å²) in [6.07, 6.45) is 6.59. The minimum Gasteiger partial charge on any atom is -0.248 e. The van der Waals surface area contributed by atoms with E-state index in [0.29, 0.717) is 11.8 Å². The smallest absolute Gasteiger partial charge is 0.0978 e. The molecule has 0 saturated carbocycles. The van der Waals surface area contributed by atoms with Gasteiger partial charge in [-0.1, -0.05) is 60.6 Å². The van der Waals surface area contributed by atoms with Crippen LogP contribution >= 0.6 is 0 Å². The Labute approximate surface area is 114 Å². The molecule has 0 N–H and O–H groups in total. The highest BCUT2D eigenvalue weighted by atomic mass is 19.1. The summed E-state index contributed by atoms with van der Waals surface area (Å²) >= 11 is 0. The van der Waals surface area contributed by atoms with Crippen molar-refractivity contribution in [1.82, 2.24) is 0 Å². The molecule has 0 rings (SSSR count). The molecule has 0 aliphatic rings. The summed E-state index contributed by atoms with van der Waals surface area (Å²) in [5.74, 6) is 0. The Morgan fingerprint density at radius 2 is 1.50 bits per heavy atom. The summed E-state index contributed by atoms with van der Waals surface area (Å²) in [6.45, 7) is 17.3. The van der Waals surface area contributed by atoms with Crippen molar-refractivity contribution in [2.24, 2.45) is 16.2 Å². The second-order valence-corrected chi connectivity index (χ2v) is 8.48. The van der Waals surface area contributed by atoms with Crippen LogP contribution in [0.3, 0.4) is 0 Å². The fourth-order valence-corrected chi connectivity index (χ4v) is 2.97. The van der Waals surface area contributed by atoms with E-state index in [1.54, 1.807) is 6.92 Å². The van der Waals surface area contributed by atoms with Crippen molar-refractivity contribution < 1.29 is 4.39 Å². The lowest BCUT2D eigenvalue weighted by molar-refractivity contribution is 0.223. The Balaban J connectivity index is 4.39. The van der Waals surface area contributed by atoms with Crippen molar-refractivity contribution in [2.45, 2.75) is 80.8 Å². The van der Waals surface area contributed by atoms with Crippen LogP contribution in [-0.4, -0.2) is 6.17 Å². The van der Waals surface area contributed by atoms with Gasteiger partial charge in [0.05, 0.1) is 6.17 Å². The Hall–Kier alpha value is -0.330. The quantitative estimate of drug-likeness (QED) is 0.498. The SMILES string of the molecule is CC(F)CC(C)(C)CC=CC(C)(C)CC(C)(C)C. The van der Waals surface area contributed by atoms with E-state index in [1.807, 2.05) is 0 Å². The molecule has 0 bridgehead atoms. The zero-order valence-corrected chi connectivity index (χ0v) is 13.7. The lowest BCUT2D eigenvalue weighted by atomic mass is 9.75. The van der Waals surface area contributed by atoms with Crippen molar-refractivity contribution in [1.29, 1.82) is 0 Å². The van der Waals surface area contributed by atoms with Crippen LogP contribution in [0.4, 0.5) is 4.39 Å². The third-order valence-electron chi connectivity index (χ3n) is 3.06. The van der Waals surface area contributed by atoms with E-state index in [4.69, 9.17) is 0 Å². The van der Waals surface area contributed by atoms with Gasteiger partial charge < -0.3 is 0 Å². The third-order valence-corrected chi connectivity index (χ3v) is 3.06. The minimum atomic E-state index is -0.712. The molecule has 108 valence electrons. The fraction of sp³-hybridized carbons (Fsp3) is 0.882. The lowest BCUT2D eigenvalue weighted by Crippen LogP contribution is -2.19. The molecular formula is C17H33F. The molecule has 0 aliphatic heterocycles. The fourth-order valence-electron chi connectivity index (χ4n) is 2.97. The molecular weight excluding hydrogens is 223 g/mol. The maximum Gasteiger partial charge on any atom is 0.0978 e. The average Bonchev–Trinajstić information content (AvgIpc) is 1.93. The molecule has 0 radical (unpaired) electrons. The lowest BCUT2D eigenvalue weighted by Gasteiger charge is -2.30. The van der Waals surface area contributed by atoms with Gasteiger partial charge in [0.15, 0.2) is 0 Å². The van der Waals surface area contributed by atoms with Gasteiger partial charge in [0, 0.05) is 0 Å². The van der Waals surface area contributed by atoms with E-state index >= 15 is 0 Å². The second-order valence-electron chi connectivity index (χ2n) is 8.48. The number of hydrogen-bond donors (Lipinski definition) is 0. The van der Waals surface area contributed by atoms with Crippen molar-refractivity contribution >= 4 is 0 Å². The second kappa shape index (κ2) is 6.21. The van der Waals surface area contributed by atoms with Gasteiger partial charge in [0.25, 0.3) is 0 Å². The average molecular weight is 256 g/mol. The monoisotopic (exact) mass is 256 g/mol. The standard InChI is InChI=1S/C17H33F/c1-14(18)12-16(5,6)10-9-11-17(7,8)13-15(2,3)4/h9,11,14H,10,12-13H2,1-8H3. The van der Waals surface area contributed by atoms with Crippen LogP contribution in [0, 0.1) is 16.2 Å². The normalized spacial score (nSPS) is 16.3. The number of hydrogen-bond acceptors (Lipinski definition) is 0. The molecule has 0 nitrogen and oxygen atoms in total. The van der Waals surface area contributed by atoms with E-state index in [9.17, 15) is 4.39 Å². The van der Waals surface area contributed by atoms with Crippen LogP contribution in [-0.2, 0) is 0 Å². The largest absolute Gasteiger partial charge is 0.248 e. The molecule has 0 fully saturated rings. The van der Waals surface area contributed by atoms with Crippen LogP contribution in [0.15, 0.2) is 12.2 Å². The van der Waals surface area contributed by atoms with Crippen LogP contribution in [0.25, 0.3) is 0 Å². The molecule has 0 amide bonds. The van der Waals surface area contributed by atoms with Gasteiger partial charge in [-0.3, -0.25) is 0 Å². The molecule has 1 atom stereocenters. The molecule has 0 aromatic carbocycles. The number of allylic oxidation sites excluding steroid dienone is 2. The molecule has 1 heteroatoms. The molecule has 18 heavy (non-hydrogen) atoms. The predicted octanol–water partition coefficient (Wildman–Crippen LogP) is 6.17. The first-order chi connectivity index (χ1) is 7.83. The molecule has 0 spiro atoms. The van der Waals surface area contributed by atoms with Gasteiger partial charge in [0.1, 0.15) is 0 Å². The molecule has 0 saturated heterocycles. The van der Waals surface area contributed by atoms with Gasteiger partial charge in [0.2, 0.25) is 0 Å². The third kappa shape index (κ3) is 9.67. The maximum absolute atomic E-state index is 13.1. The van der Waals surface area contributed by atoms with E-state index in [-0.39, 0.29) is 10.8 Å². The predicted molar refractivity (Wildman–Crippen MR) is 80.6 cm³/mol. The first-order valence-electron chi connectivity index (χ1n) is 7.15. The summed E-state index contributed by atoms with van der Waals surface area (Å²) < 4.78 is 13.1. The van der Waals surface area contributed by atoms with Crippen molar-refractivity contribution in [3.05, 3.63) is 12.2 Å². The highest BCUT2D eigenvalue weighted by molar-refractivity contribution is 4.98. The van der Waals surface area contributed by atoms with E-state index < -0.39 is 6.17 Å². The topological polar surface area (TPSA) is 0 Å². The van der Waals surface area contributed by atoms with E-state index in [2.05, 4.69) is 60.6 Å². The zero-order valence-electron chi connectivity index (χ0n) is 13.7. The summed E-state index contributed by atoms with van der Waals surface area (Å²) in [5.41, 5.74) is 0.620. The minimum absolute atomic E-state index is 0.0580. The summed E-state index contributed by atoms with van der Waals surface area (Å²) in [5, 5.41) is 0. The highest BCUT2D eigenvalue weighted by Gasteiger charge is 2.24. The number of rotatable bonds is 6. The summed E-state index contributed by atoms with van der Waals surface area (Å²) in [7, 11) is 0. The van der Waals surface area contributed by atoms with Gasteiger partial charge in [-0.15, -0.1) is 0 Å².